The maximum Gasteiger partial charge on any atom is 0.329 e. The molecule has 0 amide bonds. The van der Waals surface area contributed by atoms with Crippen molar-refractivity contribution >= 4 is 5.97 Å². The fourth-order valence-corrected chi connectivity index (χ4v) is 0.932. The third-order valence-corrected chi connectivity index (χ3v) is 1.63. The van der Waals surface area contributed by atoms with Gasteiger partial charge in [-0.05, 0) is 19.8 Å². The number of carboxylic acids is 1. The Balaban J connectivity index is 2.89. The summed E-state index contributed by atoms with van der Waals surface area (Å²) in [6.45, 7) is 4.69. The summed E-state index contributed by atoms with van der Waals surface area (Å²) in [7, 11) is 0. The summed E-state index contributed by atoms with van der Waals surface area (Å²) in [6.07, 6.45) is 1.95. The van der Waals surface area contributed by atoms with Crippen LogP contribution in [-0.4, -0.2) is 50.7 Å². The molecule has 0 aliphatic rings. The van der Waals surface area contributed by atoms with Gasteiger partial charge in [0.1, 0.15) is 6.61 Å². The normalized spacial score (nSPS) is 10.5. The van der Waals surface area contributed by atoms with E-state index in [1.807, 2.05) is 6.92 Å². The molecule has 5 heteroatoms. The van der Waals surface area contributed by atoms with Gasteiger partial charge in [-0.15, -0.1) is 0 Å². The lowest BCUT2D eigenvalue weighted by molar-refractivity contribution is -0.142. The Kier molecular flexibility index (Phi) is 10.9. The van der Waals surface area contributed by atoms with Crippen LogP contribution in [0.3, 0.4) is 0 Å². The molecule has 0 saturated heterocycles. The van der Waals surface area contributed by atoms with Crippen molar-refractivity contribution in [3.63, 3.8) is 0 Å². The molecule has 0 bridgehead atoms. The molecule has 0 spiro atoms. The highest BCUT2D eigenvalue weighted by Crippen LogP contribution is 1.91. The van der Waals surface area contributed by atoms with Gasteiger partial charge in [0.2, 0.25) is 0 Å². The third kappa shape index (κ3) is 13.3. The molecule has 0 radical (unpaired) electrons. The lowest BCUT2D eigenvalue weighted by Gasteiger charge is -2.04. The van der Waals surface area contributed by atoms with Gasteiger partial charge in [-0.25, -0.2) is 4.79 Å². The van der Waals surface area contributed by atoms with Gasteiger partial charge in [0, 0.05) is 19.8 Å². The minimum absolute atomic E-state index is 0.256. The zero-order chi connectivity index (χ0) is 11.4. The molecule has 0 aromatic rings. The maximum absolute atomic E-state index is 10.1. The van der Waals surface area contributed by atoms with Crippen molar-refractivity contribution in [2.75, 3.05) is 39.6 Å². The molecule has 0 saturated carbocycles. The van der Waals surface area contributed by atoms with Gasteiger partial charge >= 0.3 is 5.97 Å². The zero-order valence-corrected chi connectivity index (χ0v) is 9.24. The first kappa shape index (κ1) is 14.3. The summed E-state index contributed by atoms with van der Waals surface area (Å²) in [5.74, 6) is -0.952. The monoisotopic (exact) mass is 220 g/mol. The van der Waals surface area contributed by atoms with E-state index in [-0.39, 0.29) is 6.61 Å². The van der Waals surface area contributed by atoms with E-state index in [2.05, 4.69) is 0 Å². The average molecular weight is 220 g/mol. The van der Waals surface area contributed by atoms with Crippen molar-refractivity contribution in [3.05, 3.63) is 0 Å². The van der Waals surface area contributed by atoms with Gasteiger partial charge in [0.25, 0.3) is 0 Å². The molecule has 5 nitrogen and oxygen atoms in total. The molecule has 0 atom stereocenters. The highest BCUT2D eigenvalue weighted by Gasteiger charge is 1.95. The van der Waals surface area contributed by atoms with Gasteiger partial charge in [0.05, 0.1) is 13.2 Å². The van der Waals surface area contributed by atoms with Crippen molar-refractivity contribution in [1.82, 2.24) is 0 Å². The fourth-order valence-electron chi connectivity index (χ4n) is 0.932. The van der Waals surface area contributed by atoms with Crippen LogP contribution in [0.25, 0.3) is 0 Å². The lowest BCUT2D eigenvalue weighted by Crippen LogP contribution is -2.11. The average Bonchev–Trinajstić information content (AvgIpc) is 2.20. The SMILES string of the molecule is CCOCCCCOCCOCC(=O)O. The van der Waals surface area contributed by atoms with Gasteiger partial charge in [0.15, 0.2) is 0 Å². The summed E-state index contributed by atoms with van der Waals surface area (Å²) >= 11 is 0. The summed E-state index contributed by atoms with van der Waals surface area (Å²) < 4.78 is 15.2. The van der Waals surface area contributed by atoms with Crippen LogP contribution in [0.2, 0.25) is 0 Å². The number of hydrogen-bond donors (Lipinski definition) is 1. The number of rotatable bonds is 11. The summed E-state index contributed by atoms with van der Waals surface area (Å²) in [6, 6.07) is 0. The first-order valence-electron chi connectivity index (χ1n) is 5.22. The van der Waals surface area contributed by atoms with E-state index in [1.54, 1.807) is 0 Å². The van der Waals surface area contributed by atoms with Crippen LogP contribution in [0, 0.1) is 0 Å². The molecule has 0 aliphatic carbocycles. The van der Waals surface area contributed by atoms with Crippen molar-refractivity contribution in [3.8, 4) is 0 Å². The van der Waals surface area contributed by atoms with Crippen LogP contribution in [0.1, 0.15) is 19.8 Å². The van der Waals surface area contributed by atoms with Gasteiger partial charge < -0.3 is 19.3 Å². The Morgan fingerprint density at radius 1 is 1.00 bits per heavy atom. The quantitative estimate of drug-likeness (QED) is 0.524. The largest absolute Gasteiger partial charge is 0.480 e. The number of carboxylic acid groups (broad SMARTS) is 1. The molecule has 0 fully saturated rings. The number of ether oxygens (including phenoxy) is 3. The molecule has 0 aromatic carbocycles. The minimum atomic E-state index is -0.952. The summed E-state index contributed by atoms with van der Waals surface area (Å²) in [4.78, 5) is 10.1. The smallest absolute Gasteiger partial charge is 0.329 e. The van der Waals surface area contributed by atoms with Crippen LogP contribution in [0.15, 0.2) is 0 Å². The molecule has 0 aromatic heterocycles. The number of aliphatic carboxylic acids is 1. The summed E-state index contributed by atoms with van der Waals surface area (Å²) in [5, 5.41) is 8.26. The second kappa shape index (κ2) is 11.4. The Labute approximate surface area is 90.3 Å². The van der Waals surface area contributed by atoms with Crippen LogP contribution >= 0.6 is 0 Å². The Hall–Kier alpha value is -0.650. The van der Waals surface area contributed by atoms with Crippen LogP contribution in [0.5, 0.6) is 0 Å². The third-order valence-electron chi connectivity index (χ3n) is 1.63. The van der Waals surface area contributed by atoms with E-state index in [4.69, 9.17) is 19.3 Å². The van der Waals surface area contributed by atoms with E-state index in [0.717, 1.165) is 26.1 Å². The minimum Gasteiger partial charge on any atom is -0.480 e. The van der Waals surface area contributed by atoms with Crippen LogP contribution in [-0.2, 0) is 19.0 Å². The van der Waals surface area contributed by atoms with Crippen molar-refractivity contribution in [2.24, 2.45) is 0 Å². The first-order valence-corrected chi connectivity index (χ1v) is 5.22. The van der Waals surface area contributed by atoms with Crippen LogP contribution < -0.4 is 0 Å². The number of hydrogen-bond acceptors (Lipinski definition) is 4. The van der Waals surface area contributed by atoms with Crippen molar-refractivity contribution in [2.45, 2.75) is 19.8 Å². The van der Waals surface area contributed by atoms with Crippen molar-refractivity contribution in [1.29, 1.82) is 0 Å². The second-order valence-electron chi connectivity index (χ2n) is 2.96. The van der Waals surface area contributed by atoms with E-state index in [0.29, 0.717) is 19.8 Å². The standard InChI is InChI=1S/C10H20O5/c1-2-13-5-3-4-6-14-7-8-15-9-10(11)12/h2-9H2,1H3,(H,11,12). The Morgan fingerprint density at radius 2 is 1.60 bits per heavy atom. The van der Waals surface area contributed by atoms with E-state index < -0.39 is 5.97 Å². The molecule has 0 unspecified atom stereocenters. The Morgan fingerprint density at radius 3 is 2.20 bits per heavy atom. The fraction of sp³-hybridized carbons (Fsp3) is 0.900. The second-order valence-corrected chi connectivity index (χ2v) is 2.96. The van der Waals surface area contributed by atoms with Crippen molar-refractivity contribution < 1.29 is 24.1 Å². The molecule has 0 aliphatic heterocycles. The molecular formula is C10H20O5. The zero-order valence-electron chi connectivity index (χ0n) is 9.24. The molecule has 0 heterocycles. The highest BCUT2D eigenvalue weighted by molar-refractivity contribution is 5.67. The molecule has 1 N–H and O–H groups in total. The van der Waals surface area contributed by atoms with E-state index in [1.165, 1.54) is 0 Å². The first-order chi connectivity index (χ1) is 7.27. The topological polar surface area (TPSA) is 65.0 Å². The Bertz CT molecular complexity index is 149. The van der Waals surface area contributed by atoms with E-state index in [9.17, 15) is 4.79 Å². The number of carbonyl (C=O) groups is 1. The van der Waals surface area contributed by atoms with E-state index >= 15 is 0 Å². The predicted octanol–water partition coefficient (Wildman–Crippen LogP) is 0.921. The lowest BCUT2D eigenvalue weighted by atomic mass is 10.3. The molecule has 0 rings (SSSR count). The molecule has 15 heavy (non-hydrogen) atoms. The van der Waals surface area contributed by atoms with Gasteiger partial charge in [-0.1, -0.05) is 0 Å². The maximum atomic E-state index is 10.1. The highest BCUT2D eigenvalue weighted by atomic mass is 16.5. The summed E-state index contributed by atoms with van der Waals surface area (Å²) in [5.41, 5.74) is 0. The molecular weight excluding hydrogens is 200 g/mol. The molecule has 90 valence electrons. The van der Waals surface area contributed by atoms with Gasteiger partial charge in [-0.2, -0.15) is 0 Å². The predicted molar refractivity (Wildman–Crippen MR) is 55.0 cm³/mol. The van der Waals surface area contributed by atoms with Gasteiger partial charge in [-0.3, -0.25) is 0 Å². The van der Waals surface area contributed by atoms with Crippen LogP contribution in [0.4, 0.5) is 0 Å². The number of unbranched alkanes of at least 4 members (excludes halogenated alkanes) is 1.